The first-order valence-electron chi connectivity index (χ1n) is 6.32. The fourth-order valence-corrected chi connectivity index (χ4v) is 1.83. The minimum Gasteiger partial charge on any atom is -1.00 e. The van der Waals surface area contributed by atoms with E-state index in [1.165, 1.54) is 6.08 Å². The average Bonchev–Trinajstić information content (AvgIpc) is 2.49. The van der Waals surface area contributed by atoms with Gasteiger partial charge in [0.2, 0.25) is 17.5 Å². The van der Waals surface area contributed by atoms with Gasteiger partial charge in [0.1, 0.15) is 5.69 Å². The van der Waals surface area contributed by atoms with Gasteiger partial charge in [0.05, 0.1) is 6.54 Å². The van der Waals surface area contributed by atoms with E-state index in [9.17, 15) is 4.79 Å². The molecule has 0 aliphatic carbocycles. The molecule has 1 aromatic heterocycles. The second-order valence-corrected chi connectivity index (χ2v) is 4.81. The zero-order valence-electron chi connectivity index (χ0n) is 11.7. The summed E-state index contributed by atoms with van der Waals surface area (Å²) in [6.45, 7) is 4.02. The Kier molecular flexibility index (Phi) is 6.69. The molecule has 0 aliphatic heterocycles. The predicted octanol–water partition coefficient (Wildman–Crippen LogP) is -0.523. The molecule has 0 radical (unpaired) electrons. The van der Waals surface area contributed by atoms with Crippen molar-refractivity contribution >= 4 is 34.8 Å². The second-order valence-electron chi connectivity index (χ2n) is 4.37. The number of pyridine rings is 1. The second kappa shape index (κ2) is 8.26. The number of hydrogen-bond donors (Lipinski definition) is 3. The molecular formula is C15H16Cl2N4O. The zero-order valence-corrected chi connectivity index (χ0v) is 13.2. The fraction of sp³-hybridized carbons (Fsp3) is 0.0667. The van der Waals surface area contributed by atoms with Crippen molar-refractivity contribution in [3.63, 3.8) is 0 Å². The van der Waals surface area contributed by atoms with Gasteiger partial charge in [-0.25, -0.2) is 4.98 Å². The molecule has 0 saturated carbocycles. The smallest absolute Gasteiger partial charge is 0.247 e. The largest absolute Gasteiger partial charge is 1.00 e. The Morgan fingerprint density at radius 3 is 2.55 bits per heavy atom. The molecule has 2 rings (SSSR count). The Morgan fingerprint density at radius 2 is 1.95 bits per heavy atom. The lowest BCUT2D eigenvalue weighted by molar-refractivity contribution is -0.342. The summed E-state index contributed by atoms with van der Waals surface area (Å²) in [6.07, 6.45) is 1.19. The molecule has 5 N–H and O–H groups in total. The van der Waals surface area contributed by atoms with Gasteiger partial charge in [0.25, 0.3) is 0 Å². The normalized spacial score (nSPS) is 9.50. The molecule has 0 bridgehead atoms. The van der Waals surface area contributed by atoms with E-state index in [1.807, 2.05) is 24.3 Å². The van der Waals surface area contributed by atoms with Crippen LogP contribution in [0.1, 0.15) is 5.56 Å². The van der Waals surface area contributed by atoms with E-state index in [4.69, 9.17) is 17.3 Å². The number of nitrogens with one attached hydrogen (secondary N) is 3. The topological polar surface area (TPSA) is 81.3 Å². The summed E-state index contributed by atoms with van der Waals surface area (Å²) >= 11 is 5.84. The molecule has 1 heterocycles. The van der Waals surface area contributed by atoms with Crippen LogP contribution in [0.25, 0.3) is 0 Å². The Balaban J connectivity index is 0.00000242. The maximum Gasteiger partial charge on any atom is 0.247 e. The monoisotopic (exact) mass is 338 g/mol. The van der Waals surface area contributed by atoms with Crippen molar-refractivity contribution in [2.45, 2.75) is 6.54 Å². The van der Waals surface area contributed by atoms with E-state index in [-0.39, 0.29) is 18.3 Å². The summed E-state index contributed by atoms with van der Waals surface area (Å²) in [7, 11) is 0. The van der Waals surface area contributed by atoms with Crippen LogP contribution in [0.3, 0.4) is 0 Å². The summed E-state index contributed by atoms with van der Waals surface area (Å²) < 4.78 is 0. The van der Waals surface area contributed by atoms with Gasteiger partial charge in [-0.2, -0.15) is 0 Å². The molecule has 0 aliphatic rings. The highest BCUT2D eigenvalue weighted by Crippen LogP contribution is 2.15. The zero-order chi connectivity index (χ0) is 15.2. The van der Waals surface area contributed by atoms with E-state index < -0.39 is 0 Å². The van der Waals surface area contributed by atoms with Gasteiger partial charge in [0.15, 0.2) is 0 Å². The predicted molar refractivity (Wildman–Crippen MR) is 85.0 cm³/mol. The van der Waals surface area contributed by atoms with E-state index in [0.717, 1.165) is 11.4 Å². The van der Waals surface area contributed by atoms with Gasteiger partial charge in [-0.1, -0.05) is 30.3 Å². The number of H-pyrrole nitrogens is 1. The molecular weight excluding hydrogens is 323 g/mol. The number of nitrogens with two attached hydrogens (primary N) is 1. The summed E-state index contributed by atoms with van der Waals surface area (Å²) in [5.74, 6) is 0.808. The number of amides is 1. The van der Waals surface area contributed by atoms with Crippen LogP contribution in [0.4, 0.5) is 17.3 Å². The third kappa shape index (κ3) is 4.95. The van der Waals surface area contributed by atoms with Gasteiger partial charge in [-0.15, -0.1) is 0 Å². The summed E-state index contributed by atoms with van der Waals surface area (Å²) in [5.41, 5.74) is 7.46. The molecule has 0 unspecified atom stereocenters. The Hall–Kier alpha value is -2.24. The van der Waals surface area contributed by atoms with Gasteiger partial charge >= 0.3 is 0 Å². The number of anilines is 3. The Labute approximate surface area is 140 Å². The number of nitrogen functional groups attached to an aromatic ring is 1. The fourth-order valence-electron chi connectivity index (χ4n) is 1.71. The van der Waals surface area contributed by atoms with Crippen LogP contribution in [-0.2, 0) is 11.3 Å². The number of carbonyl (C=O) groups excluding carboxylic acids is 1. The Morgan fingerprint density at radius 1 is 1.27 bits per heavy atom. The molecule has 2 aromatic rings. The lowest BCUT2D eigenvalue weighted by Gasteiger charge is -2.06. The summed E-state index contributed by atoms with van der Waals surface area (Å²) in [6, 6.07) is 11.1. The Bertz CT molecular complexity index is 659. The number of benzene rings is 1. The minimum atomic E-state index is -0.308. The number of aromatic nitrogens is 1. The van der Waals surface area contributed by atoms with Gasteiger partial charge in [-0.05, 0) is 29.8 Å². The van der Waals surface area contributed by atoms with Crippen molar-refractivity contribution in [3.8, 4) is 0 Å². The number of aromatic amines is 1. The van der Waals surface area contributed by atoms with E-state index in [2.05, 4.69) is 22.2 Å². The minimum absolute atomic E-state index is 0. The lowest BCUT2D eigenvalue weighted by atomic mass is 10.2. The number of halogens is 2. The van der Waals surface area contributed by atoms with E-state index in [0.29, 0.717) is 23.1 Å². The molecule has 0 fully saturated rings. The van der Waals surface area contributed by atoms with Crippen molar-refractivity contribution < 1.29 is 22.2 Å². The number of carbonyl (C=O) groups is 1. The van der Waals surface area contributed by atoms with Crippen LogP contribution in [0, 0.1) is 0 Å². The maximum atomic E-state index is 11.2. The van der Waals surface area contributed by atoms with Crippen LogP contribution < -0.4 is 33.8 Å². The first kappa shape index (κ1) is 17.8. The highest BCUT2D eigenvalue weighted by atomic mass is 35.5. The van der Waals surface area contributed by atoms with Gasteiger partial charge in [0, 0.05) is 11.1 Å². The van der Waals surface area contributed by atoms with Crippen molar-refractivity contribution in [1.82, 2.24) is 0 Å². The number of rotatable bonds is 5. The van der Waals surface area contributed by atoms with Crippen LogP contribution in [0.2, 0.25) is 5.02 Å². The van der Waals surface area contributed by atoms with Crippen LogP contribution in [0.15, 0.2) is 49.1 Å². The van der Waals surface area contributed by atoms with Crippen LogP contribution in [0.5, 0.6) is 0 Å². The quantitative estimate of drug-likeness (QED) is 0.641. The summed E-state index contributed by atoms with van der Waals surface area (Å²) in [4.78, 5) is 14.2. The van der Waals surface area contributed by atoms with E-state index >= 15 is 0 Å². The molecule has 0 saturated heterocycles. The van der Waals surface area contributed by atoms with Crippen molar-refractivity contribution in [3.05, 3.63) is 59.6 Å². The van der Waals surface area contributed by atoms with Gasteiger partial charge < -0.3 is 28.8 Å². The lowest BCUT2D eigenvalue weighted by Crippen LogP contribution is -3.00. The van der Waals surface area contributed by atoms with Crippen LogP contribution >= 0.6 is 11.6 Å². The first-order valence-corrected chi connectivity index (χ1v) is 6.70. The molecule has 116 valence electrons. The third-order valence-electron chi connectivity index (χ3n) is 2.82. The SMILES string of the molecule is C=CC(=O)Nc1ccc(NCc2ccc(Cl)cc2)[nH+]c1N.[Cl-]. The molecule has 0 spiro atoms. The highest BCUT2D eigenvalue weighted by Gasteiger charge is 2.08. The van der Waals surface area contributed by atoms with Gasteiger partial charge in [-0.3, -0.25) is 4.79 Å². The highest BCUT2D eigenvalue weighted by molar-refractivity contribution is 6.30. The molecule has 5 nitrogen and oxygen atoms in total. The average molecular weight is 339 g/mol. The third-order valence-corrected chi connectivity index (χ3v) is 3.07. The first-order chi connectivity index (χ1) is 10.1. The molecule has 1 aromatic carbocycles. The molecule has 22 heavy (non-hydrogen) atoms. The van der Waals surface area contributed by atoms with Crippen molar-refractivity contribution in [2.75, 3.05) is 16.4 Å². The standard InChI is InChI=1S/C15H15ClN4O.ClH/c1-2-14(21)19-12-7-8-13(20-15(12)17)18-9-10-3-5-11(16)6-4-10;/h2-8H,1,9H2,(H,19,21)(H3,17,18,20);1H. The van der Waals surface area contributed by atoms with Crippen LogP contribution in [-0.4, -0.2) is 5.91 Å². The summed E-state index contributed by atoms with van der Waals surface area (Å²) in [5, 5.41) is 6.52. The van der Waals surface area contributed by atoms with Crippen molar-refractivity contribution in [1.29, 1.82) is 0 Å². The maximum absolute atomic E-state index is 11.2. The molecule has 1 amide bonds. The molecule has 7 heteroatoms. The number of hydrogen-bond acceptors (Lipinski definition) is 3. The van der Waals surface area contributed by atoms with Crippen molar-refractivity contribution in [2.24, 2.45) is 0 Å². The molecule has 0 atom stereocenters. The van der Waals surface area contributed by atoms with E-state index in [1.54, 1.807) is 12.1 Å².